The summed E-state index contributed by atoms with van der Waals surface area (Å²) in [7, 11) is 2.27. The molecular weight excluding hydrogens is 148 g/mol. The van der Waals surface area contributed by atoms with Crippen LogP contribution in [0, 0.1) is 5.41 Å². The third kappa shape index (κ3) is 1.64. The average Bonchev–Trinajstić information content (AvgIpc) is 2.39. The summed E-state index contributed by atoms with van der Waals surface area (Å²) in [5, 5.41) is 3.50. The zero-order valence-electron chi connectivity index (χ0n) is 8.10. The molecule has 2 aliphatic rings. The third-order valence-corrected chi connectivity index (χ3v) is 3.43. The van der Waals surface area contributed by atoms with Gasteiger partial charge < -0.3 is 10.2 Å². The van der Waals surface area contributed by atoms with Crippen molar-refractivity contribution in [2.24, 2.45) is 5.41 Å². The van der Waals surface area contributed by atoms with Gasteiger partial charge in [-0.15, -0.1) is 0 Å². The number of hydrogen-bond acceptors (Lipinski definition) is 2. The van der Waals surface area contributed by atoms with E-state index in [1.54, 1.807) is 0 Å². The van der Waals surface area contributed by atoms with Gasteiger partial charge in [-0.3, -0.25) is 0 Å². The highest BCUT2D eigenvalue weighted by Crippen LogP contribution is 2.34. The first-order valence-corrected chi connectivity index (χ1v) is 5.20. The lowest BCUT2D eigenvalue weighted by molar-refractivity contribution is 0.207. The molecule has 2 saturated heterocycles. The third-order valence-electron chi connectivity index (χ3n) is 3.43. The minimum atomic E-state index is 0.644. The van der Waals surface area contributed by atoms with Crippen LogP contribution in [0.15, 0.2) is 0 Å². The van der Waals surface area contributed by atoms with Crippen molar-refractivity contribution in [2.75, 3.05) is 33.2 Å². The van der Waals surface area contributed by atoms with E-state index in [2.05, 4.69) is 17.3 Å². The summed E-state index contributed by atoms with van der Waals surface area (Å²) >= 11 is 0. The molecule has 2 rings (SSSR count). The molecule has 0 aromatic heterocycles. The van der Waals surface area contributed by atoms with Gasteiger partial charge in [-0.05, 0) is 44.8 Å². The Bertz CT molecular complexity index is 150. The number of likely N-dealkylation sites (tertiary alicyclic amines) is 1. The van der Waals surface area contributed by atoms with Gasteiger partial charge in [0, 0.05) is 13.1 Å². The van der Waals surface area contributed by atoms with E-state index in [1.165, 1.54) is 51.9 Å². The Kier molecular flexibility index (Phi) is 2.37. The van der Waals surface area contributed by atoms with Crippen LogP contribution in [0.1, 0.15) is 25.7 Å². The van der Waals surface area contributed by atoms with Crippen molar-refractivity contribution in [3.05, 3.63) is 0 Å². The summed E-state index contributed by atoms with van der Waals surface area (Å²) in [6.45, 7) is 5.13. The van der Waals surface area contributed by atoms with Crippen LogP contribution in [0.5, 0.6) is 0 Å². The van der Waals surface area contributed by atoms with Gasteiger partial charge in [0.1, 0.15) is 0 Å². The lowest BCUT2D eigenvalue weighted by atomic mass is 9.82. The van der Waals surface area contributed by atoms with Gasteiger partial charge in [0.15, 0.2) is 0 Å². The van der Waals surface area contributed by atoms with Crippen molar-refractivity contribution in [3.8, 4) is 0 Å². The smallest absolute Gasteiger partial charge is 0.00476 e. The van der Waals surface area contributed by atoms with Crippen LogP contribution in [0.3, 0.4) is 0 Å². The maximum Gasteiger partial charge on any atom is 0.00476 e. The van der Waals surface area contributed by atoms with E-state index in [0.717, 1.165) is 0 Å². The van der Waals surface area contributed by atoms with Gasteiger partial charge in [0.25, 0.3) is 0 Å². The van der Waals surface area contributed by atoms with Crippen molar-refractivity contribution in [3.63, 3.8) is 0 Å². The monoisotopic (exact) mass is 168 g/mol. The van der Waals surface area contributed by atoms with Gasteiger partial charge in [-0.25, -0.2) is 0 Å². The van der Waals surface area contributed by atoms with Crippen molar-refractivity contribution >= 4 is 0 Å². The minimum Gasteiger partial charge on any atom is -0.316 e. The van der Waals surface area contributed by atoms with Crippen molar-refractivity contribution in [1.29, 1.82) is 0 Å². The SMILES string of the molecule is CN1CCCCC2(CCNC2)C1. The Morgan fingerprint density at radius 1 is 1.25 bits per heavy atom. The van der Waals surface area contributed by atoms with Crippen LogP contribution < -0.4 is 5.32 Å². The Morgan fingerprint density at radius 2 is 2.17 bits per heavy atom. The summed E-state index contributed by atoms with van der Waals surface area (Å²) < 4.78 is 0. The molecule has 0 amide bonds. The fourth-order valence-corrected chi connectivity index (χ4v) is 2.76. The Morgan fingerprint density at radius 3 is 2.92 bits per heavy atom. The second kappa shape index (κ2) is 3.35. The van der Waals surface area contributed by atoms with Crippen LogP contribution in [0.2, 0.25) is 0 Å². The van der Waals surface area contributed by atoms with E-state index < -0.39 is 0 Å². The molecule has 0 aromatic carbocycles. The molecule has 2 heteroatoms. The van der Waals surface area contributed by atoms with E-state index in [1.807, 2.05) is 0 Å². The van der Waals surface area contributed by atoms with Crippen LogP contribution in [-0.2, 0) is 0 Å². The van der Waals surface area contributed by atoms with E-state index in [9.17, 15) is 0 Å². The first kappa shape index (κ1) is 8.52. The molecule has 2 heterocycles. The molecule has 2 nitrogen and oxygen atoms in total. The van der Waals surface area contributed by atoms with Crippen LogP contribution in [0.4, 0.5) is 0 Å². The fraction of sp³-hybridized carbons (Fsp3) is 1.00. The second-order valence-corrected chi connectivity index (χ2v) is 4.62. The molecule has 1 atom stereocenters. The minimum absolute atomic E-state index is 0.644. The summed E-state index contributed by atoms with van der Waals surface area (Å²) in [6.07, 6.45) is 5.69. The van der Waals surface area contributed by atoms with E-state index in [-0.39, 0.29) is 0 Å². The molecular formula is C10H20N2. The lowest BCUT2D eigenvalue weighted by Gasteiger charge is -2.29. The fourth-order valence-electron chi connectivity index (χ4n) is 2.76. The Balaban J connectivity index is 2.02. The largest absolute Gasteiger partial charge is 0.316 e. The zero-order chi connectivity index (χ0) is 8.44. The van der Waals surface area contributed by atoms with Crippen LogP contribution in [0.25, 0.3) is 0 Å². The number of nitrogens with zero attached hydrogens (tertiary/aromatic N) is 1. The highest BCUT2D eigenvalue weighted by Gasteiger charge is 2.35. The molecule has 1 unspecified atom stereocenters. The molecule has 0 bridgehead atoms. The summed E-state index contributed by atoms with van der Waals surface area (Å²) in [6, 6.07) is 0. The zero-order valence-corrected chi connectivity index (χ0v) is 8.10. The lowest BCUT2D eigenvalue weighted by Crippen LogP contribution is -2.35. The number of hydrogen-bond donors (Lipinski definition) is 1. The highest BCUT2D eigenvalue weighted by molar-refractivity contribution is 4.91. The first-order chi connectivity index (χ1) is 5.81. The molecule has 0 aromatic rings. The Labute approximate surface area is 75.3 Å². The molecule has 0 saturated carbocycles. The maximum atomic E-state index is 3.50. The quantitative estimate of drug-likeness (QED) is 0.582. The average molecular weight is 168 g/mol. The van der Waals surface area contributed by atoms with Gasteiger partial charge in [-0.2, -0.15) is 0 Å². The van der Waals surface area contributed by atoms with E-state index >= 15 is 0 Å². The molecule has 70 valence electrons. The van der Waals surface area contributed by atoms with Crippen molar-refractivity contribution in [2.45, 2.75) is 25.7 Å². The van der Waals surface area contributed by atoms with E-state index in [0.29, 0.717) is 5.41 Å². The summed E-state index contributed by atoms with van der Waals surface area (Å²) in [4.78, 5) is 2.51. The second-order valence-electron chi connectivity index (χ2n) is 4.62. The summed E-state index contributed by atoms with van der Waals surface area (Å²) in [5.41, 5.74) is 0.644. The molecule has 1 spiro atoms. The van der Waals surface area contributed by atoms with Gasteiger partial charge >= 0.3 is 0 Å². The normalized spacial score (nSPS) is 38.8. The molecule has 12 heavy (non-hydrogen) atoms. The van der Waals surface area contributed by atoms with Gasteiger partial charge in [-0.1, -0.05) is 6.42 Å². The van der Waals surface area contributed by atoms with Crippen LogP contribution >= 0.6 is 0 Å². The van der Waals surface area contributed by atoms with Crippen molar-refractivity contribution < 1.29 is 0 Å². The predicted molar refractivity (Wildman–Crippen MR) is 51.3 cm³/mol. The van der Waals surface area contributed by atoms with Crippen LogP contribution in [-0.4, -0.2) is 38.1 Å². The standard InChI is InChI=1S/C10H20N2/c1-12-7-3-2-4-10(9-12)5-6-11-8-10/h11H,2-9H2,1H3. The Hall–Kier alpha value is -0.0800. The molecule has 1 N–H and O–H groups in total. The van der Waals surface area contributed by atoms with Crippen molar-refractivity contribution in [1.82, 2.24) is 10.2 Å². The molecule has 2 aliphatic heterocycles. The molecule has 0 radical (unpaired) electrons. The number of nitrogens with one attached hydrogen (secondary N) is 1. The van der Waals surface area contributed by atoms with Gasteiger partial charge in [0.2, 0.25) is 0 Å². The first-order valence-electron chi connectivity index (χ1n) is 5.20. The topological polar surface area (TPSA) is 15.3 Å². The van der Waals surface area contributed by atoms with E-state index in [4.69, 9.17) is 0 Å². The maximum absolute atomic E-state index is 3.50. The molecule has 2 fully saturated rings. The number of rotatable bonds is 0. The predicted octanol–water partition coefficient (Wildman–Crippen LogP) is 1.08. The van der Waals surface area contributed by atoms with Gasteiger partial charge in [0.05, 0.1) is 0 Å². The summed E-state index contributed by atoms with van der Waals surface area (Å²) in [5.74, 6) is 0. The highest BCUT2D eigenvalue weighted by atomic mass is 15.1. The molecule has 0 aliphatic carbocycles.